The minimum atomic E-state index is -0.895. The first-order chi connectivity index (χ1) is 20.0. The van der Waals surface area contributed by atoms with E-state index in [0.717, 1.165) is 24.1 Å². The van der Waals surface area contributed by atoms with Crippen molar-refractivity contribution in [1.82, 2.24) is 9.80 Å². The Morgan fingerprint density at radius 1 is 0.951 bits per heavy atom. The zero-order valence-corrected chi connectivity index (χ0v) is 24.2. The van der Waals surface area contributed by atoms with Gasteiger partial charge in [0.25, 0.3) is 0 Å². The number of rotatable bonds is 8. The molecule has 41 heavy (non-hydrogen) atoms. The lowest BCUT2D eigenvalue weighted by molar-refractivity contribution is -0.145. The highest BCUT2D eigenvalue weighted by molar-refractivity contribution is 8.02. The van der Waals surface area contributed by atoms with Crippen molar-refractivity contribution in [3.05, 3.63) is 90.5 Å². The Morgan fingerprint density at radius 3 is 2.39 bits per heavy atom. The smallest absolute Gasteiger partial charge is 0.247 e. The SMILES string of the molecule is CCCCN1CC=C[C@]23S[C@@H]4C=CCN(c5ccccc5)C(=O)[C@@H]4[C@H]2C(=O)N([C@@H](CO)Cc2ccccc2)C3C1=O. The van der Waals surface area contributed by atoms with E-state index in [9.17, 15) is 19.5 Å². The van der Waals surface area contributed by atoms with Gasteiger partial charge < -0.3 is 19.8 Å². The second-order valence-electron chi connectivity index (χ2n) is 11.4. The maximum atomic E-state index is 14.7. The molecule has 0 radical (unpaired) electrons. The molecule has 4 heterocycles. The summed E-state index contributed by atoms with van der Waals surface area (Å²) in [5.41, 5.74) is 1.78. The summed E-state index contributed by atoms with van der Waals surface area (Å²) in [6.45, 7) is 3.35. The van der Waals surface area contributed by atoms with E-state index in [4.69, 9.17) is 0 Å². The summed E-state index contributed by atoms with van der Waals surface area (Å²) < 4.78 is -0.895. The fourth-order valence-electron chi connectivity index (χ4n) is 7.04. The van der Waals surface area contributed by atoms with Crippen molar-refractivity contribution in [3.63, 3.8) is 0 Å². The number of aliphatic hydroxyl groups excluding tert-OH is 1. The van der Waals surface area contributed by atoms with Crippen LogP contribution in [0.3, 0.4) is 0 Å². The molecule has 7 nitrogen and oxygen atoms in total. The predicted octanol–water partition coefficient (Wildman–Crippen LogP) is 3.69. The van der Waals surface area contributed by atoms with Gasteiger partial charge in [0.15, 0.2) is 0 Å². The van der Waals surface area contributed by atoms with Gasteiger partial charge in [0.05, 0.1) is 29.2 Å². The Hall–Kier alpha value is -3.36. The normalized spacial score (nSPS) is 29.7. The van der Waals surface area contributed by atoms with Crippen molar-refractivity contribution in [1.29, 1.82) is 0 Å². The molecule has 1 unspecified atom stereocenters. The van der Waals surface area contributed by atoms with Crippen molar-refractivity contribution in [2.45, 2.75) is 48.3 Å². The van der Waals surface area contributed by atoms with Gasteiger partial charge in [-0.25, -0.2) is 0 Å². The number of anilines is 1. The zero-order valence-electron chi connectivity index (χ0n) is 23.3. The lowest BCUT2D eigenvalue weighted by Crippen LogP contribution is -2.57. The van der Waals surface area contributed by atoms with E-state index in [2.05, 4.69) is 13.0 Å². The van der Waals surface area contributed by atoms with Crippen molar-refractivity contribution in [2.75, 3.05) is 31.1 Å². The molecule has 0 aromatic heterocycles. The van der Waals surface area contributed by atoms with Gasteiger partial charge in [-0.05, 0) is 30.5 Å². The summed E-state index contributed by atoms with van der Waals surface area (Å²) in [5, 5.41) is 10.4. The fraction of sp³-hybridized carbons (Fsp3) is 0.424. The molecule has 2 aromatic rings. The Morgan fingerprint density at radius 2 is 1.68 bits per heavy atom. The van der Waals surface area contributed by atoms with Crippen molar-refractivity contribution < 1.29 is 19.5 Å². The van der Waals surface area contributed by atoms with E-state index in [-0.39, 0.29) is 29.6 Å². The largest absolute Gasteiger partial charge is 0.394 e. The molecule has 4 aliphatic rings. The minimum absolute atomic E-state index is 0.0916. The van der Waals surface area contributed by atoms with Crippen LogP contribution in [0.25, 0.3) is 0 Å². The van der Waals surface area contributed by atoms with E-state index in [1.807, 2.05) is 83.8 Å². The first-order valence-electron chi connectivity index (χ1n) is 14.6. The number of aliphatic hydroxyl groups is 1. The van der Waals surface area contributed by atoms with Gasteiger partial charge in [-0.3, -0.25) is 14.4 Å². The summed E-state index contributed by atoms with van der Waals surface area (Å²) in [6.07, 6.45) is 10.4. The van der Waals surface area contributed by atoms with E-state index in [1.54, 1.807) is 21.6 Å². The van der Waals surface area contributed by atoms with Gasteiger partial charge >= 0.3 is 0 Å². The number of carbonyl (C=O) groups excluding carboxylic acids is 3. The van der Waals surface area contributed by atoms with Crippen LogP contribution in [0.2, 0.25) is 0 Å². The van der Waals surface area contributed by atoms with Gasteiger partial charge in [0.1, 0.15) is 6.04 Å². The molecule has 0 bridgehead atoms. The molecule has 214 valence electrons. The van der Waals surface area contributed by atoms with Crippen LogP contribution in [0.5, 0.6) is 0 Å². The lowest BCUT2D eigenvalue weighted by Gasteiger charge is -2.38. The Bertz CT molecular complexity index is 1350. The molecule has 2 fully saturated rings. The summed E-state index contributed by atoms with van der Waals surface area (Å²) in [6, 6.07) is 18.0. The average Bonchev–Trinajstić information content (AvgIpc) is 3.32. The molecular formula is C33H37N3O4S. The molecule has 0 saturated carbocycles. The van der Waals surface area contributed by atoms with Gasteiger partial charge in [-0.15, -0.1) is 11.8 Å². The number of benzene rings is 2. The topological polar surface area (TPSA) is 81.2 Å². The second-order valence-corrected chi connectivity index (χ2v) is 12.9. The minimum Gasteiger partial charge on any atom is -0.394 e. The molecule has 1 spiro atoms. The number of nitrogens with zero attached hydrogens (tertiary/aromatic N) is 3. The van der Waals surface area contributed by atoms with Gasteiger partial charge in [0.2, 0.25) is 17.7 Å². The molecular weight excluding hydrogens is 534 g/mol. The fourth-order valence-corrected chi connectivity index (χ4v) is 9.04. The van der Waals surface area contributed by atoms with Crippen LogP contribution in [-0.4, -0.2) is 80.9 Å². The van der Waals surface area contributed by atoms with Crippen molar-refractivity contribution in [2.24, 2.45) is 11.8 Å². The maximum Gasteiger partial charge on any atom is 0.247 e. The third-order valence-corrected chi connectivity index (χ3v) is 10.7. The number of thioether (sulfide) groups is 1. The molecule has 2 saturated heterocycles. The molecule has 3 amide bonds. The highest BCUT2D eigenvalue weighted by Gasteiger charge is 2.71. The van der Waals surface area contributed by atoms with Gasteiger partial charge in [0, 0.05) is 30.6 Å². The van der Waals surface area contributed by atoms with Crippen LogP contribution in [0.4, 0.5) is 5.69 Å². The first kappa shape index (κ1) is 27.8. The average molecular weight is 572 g/mol. The molecule has 0 aliphatic carbocycles. The van der Waals surface area contributed by atoms with E-state index >= 15 is 0 Å². The predicted molar refractivity (Wildman–Crippen MR) is 161 cm³/mol. The second kappa shape index (κ2) is 11.5. The van der Waals surface area contributed by atoms with Crippen LogP contribution >= 0.6 is 11.8 Å². The van der Waals surface area contributed by atoms with Gasteiger partial charge in [-0.1, -0.05) is 86.2 Å². The highest BCUT2D eigenvalue weighted by atomic mass is 32.2. The van der Waals surface area contributed by atoms with Gasteiger partial charge in [-0.2, -0.15) is 0 Å². The highest BCUT2D eigenvalue weighted by Crippen LogP contribution is 2.61. The standard InChI is InChI=1S/C33H37N3O4S/c1-2-3-18-34-19-11-17-33-28(27-26(41-33)16-10-20-35(30(27)38)24-14-8-5-9-15-24)31(39)36(29(33)32(34)40)25(22-37)21-23-12-6-4-7-13-23/h4-17,25-29,37H,2-3,18-22H2,1H3/t25-,26-,27+,28+,29?,33+/m1/s1. The third-order valence-electron chi connectivity index (χ3n) is 8.95. The Labute approximate surface area is 245 Å². The number of hydrogen-bond acceptors (Lipinski definition) is 5. The van der Waals surface area contributed by atoms with Crippen LogP contribution in [0.15, 0.2) is 85.0 Å². The quantitative estimate of drug-likeness (QED) is 0.489. The summed E-state index contributed by atoms with van der Waals surface area (Å²) in [5.74, 6) is -1.72. The van der Waals surface area contributed by atoms with Crippen LogP contribution in [0, 0.1) is 11.8 Å². The van der Waals surface area contributed by atoms with Crippen molar-refractivity contribution in [3.8, 4) is 0 Å². The summed E-state index contributed by atoms with van der Waals surface area (Å²) in [4.78, 5) is 48.7. The molecule has 1 N–H and O–H groups in total. The van der Waals surface area contributed by atoms with Crippen LogP contribution < -0.4 is 4.90 Å². The number of carbonyl (C=O) groups is 3. The molecule has 4 aliphatic heterocycles. The molecule has 6 rings (SSSR count). The number of hydrogen-bond donors (Lipinski definition) is 1. The zero-order chi connectivity index (χ0) is 28.6. The van der Waals surface area contributed by atoms with E-state index < -0.39 is 28.7 Å². The number of likely N-dealkylation sites (tertiary alicyclic amines) is 1. The van der Waals surface area contributed by atoms with E-state index in [0.29, 0.717) is 26.1 Å². The van der Waals surface area contributed by atoms with Crippen LogP contribution in [0.1, 0.15) is 25.3 Å². The molecule has 6 atom stereocenters. The Balaban J connectivity index is 1.44. The number of amides is 3. The van der Waals surface area contributed by atoms with Crippen LogP contribution in [-0.2, 0) is 20.8 Å². The lowest BCUT2D eigenvalue weighted by atomic mass is 9.78. The monoisotopic (exact) mass is 571 g/mol. The Kier molecular flexibility index (Phi) is 7.79. The summed E-state index contributed by atoms with van der Waals surface area (Å²) in [7, 11) is 0. The first-order valence-corrected chi connectivity index (χ1v) is 15.5. The number of fused-ring (bicyclic) bond motifs is 2. The molecule has 8 heteroatoms. The summed E-state index contributed by atoms with van der Waals surface area (Å²) >= 11 is 1.58. The number of para-hydroxylation sites is 1. The van der Waals surface area contributed by atoms with E-state index in [1.165, 1.54) is 0 Å². The maximum absolute atomic E-state index is 14.7. The van der Waals surface area contributed by atoms with Crippen molar-refractivity contribution >= 4 is 35.2 Å². The molecule has 2 aromatic carbocycles. The number of unbranched alkanes of at least 4 members (excludes halogenated alkanes) is 1. The third kappa shape index (κ3) is 4.71.